The van der Waals surface area contributed by atoms with Gasteiger partial charge in [-0.05, 0) is 35.8 Å². The average Bonchev–Trinajstić information content (AvgIpc) is 2.78. The van der Waals surface area contributed by atoms with Gasteiger partial charge in [0.1, 0.15) is 5.69 Å². The summed E-state index contributed by atoms with van der Waals surface area (Å²) in [7, 11) is 0. The van der Waals surface area contributed by atoms with Crippen LogP contribution in [0.5, 0.6) is 0 Å². The standard InChI is InChI=1S/C11H12BrN5O2/c1-11(2,13)10-6-16(15-14-10)9-5-7(17(18)19)3-4-8(9)12/h3-6H,13H2,1-2H3. The van der Waals surface area contributed by atoms with Crippen LogP contribution < -0.4 is 5.73 Å². The fraction of sp³-hybridized carbons (Fsp3) is 0.273. The van der Waals surface area contributed by atoms with E-state index in [1.165, 1.54) is 16.8 Å². The second kappa shape index (κ2) is 4.71. The lowest BCUT2D eigenvalue weighted by Gasteiger charge is -2.13. The molecule has 0 radical (unpaired) electrons. The summed E-state index contributed by atoms with van der Waals surface area (Å²) >= 11 is 3.33. The highest BCUT2D eigenvalue weighted by Crippen LogP contribution is 2.26. The van der Waals surface area contributed by atoms with E-state index in [1.54, 1.807) is 12.3 Å². The molecule has 0 aliphatic heterocycles. The maximum absolute atomic E-state index is 10.8. The predicted molar refractivity (Wildman–Crippen MR) is 72.9 cm³/mol. The number of non-ortho nitro benzene ring substituents is 1. The molecule has 8 heteroatoms. The van der Waals surface area contributed by atoms with Gasteiger partial charge in [0.2, 0.25) is 0 Å². The first-order valence-electron chi connectivity index (χ1n) is 5.45. The molecule has 0 aliphatic carbocycles. The van der Waals surface area contributed by atoms with Gasteiger partial charge < -0.3 is 5.73 Å². The number of aromatic nitrogens is 3. The smallest absolute Gasteiger partial charge is 0.271 e. The molecule has 2 aromatic rings. The zero-order valence-electron chi connectivity index (χ0n) is 10.4. The van der Waals surface area contributed by atoms with E-state index in [2.05, 4.69) is 26.2 Å². The summed E-state index contributed by atoms with van der Waals surface area (Å²) in [5, 5.41) is 18.7. The van der Waals surface area contributed by atoms with Gasteiger partial charge in [-0.15, -0.1) is 5.10 Å². The molecule has 19 heavy (non-hydrogen) atoms. The van der Waals surface area contributed by atoms with Crippen LogP contribution in [0.2, 0.25) is 0 Å². The third-order valence-corrected chi connectivity index (χ3v) is 3.21. The maximum Gasteiger partial charge on any atom is 0.271 e. The third kappa shape index (κ3) is 2.79. The topological polar surface area (TPSA) is 99.9 Å². The van der Waals surface area contributed by atoms with Crippen molar-refractivity contribution in [3.8, 4) is 5.69 Å². The summed E-state index contributed by atoms with van der Waals surface area (Å²) in [6, 6.07) is 4.44. The Labute approximate surface area is 117 Å². The van der Waals surface area contributed by atoms with Crippen LogP contribution in [0.15, 0.2) is 28.9 Å². The molecule has 0 atom stereocenters. The first kappa shape index (κ1) is 13.6. The molecule has 7 nitrogen and oxygen atoms in total. The third-order valence-electron chi connectivity index (χ3n) is 2.54. The molecule has 0 bridgehead atoms. The highest BCUT2D eigenvalue weighted by molar-refractivity contribution is 9.10. The minimum absolute atomic E-state index is 0.0118. The van der Waals surface area contributed by atoms with E-state index in [1.807, 2.05) is 13.8 Å². The largest absolute Gasteiger partial charge is 0.320 e. The lowest BCUT2D eigenvalue weighted by atomic mass is 10.0. The fourth-order valence-electron chi connectivity index (χ4n) is 1.47. The Morgan fingerprint density at radius 3 is 2.68 bits per heavy atom. The molecule has 0 spiro atoms. The SMILES string of the molecule is CC(C)(N)c1cn(-c2cc([N+](=O)[O-])ccc2Br)nn1. The number of hydrogen-bond acceptors (Lipinski definition) is 5. The quantitative estimate of drug-likeness (QED) is 0.688. The van der Waals surface area contributed by atoms with E-state index in [4.69, 9.17) is 5.73 Å². The summed E-state index contributed by atoms with van der Waals surface area (Å²) in [4.78, 5) is 10.3. The molecular formula is C11H12BrN5O2. The first-order valence-corrected chi connectivity index (χ1v) is 6.24. The van der Waals surface area contributed by atoms with Crippen LogP contribution in [0.4, 0.5) is 5.69 Å². The molecule has 1 aromatic carbocycles. The van der Waals surface area contributed by atoms with Crippen molar-refractivity contribution < 1.29 is 4.92 Å². The van der Waals surface area contributed by atoms with Crippen LogP contribution >= 0.6 is 15.9 Å². The summed E-state index contributed by atoms with van der Waals surface area (Å²) in [5.41, 5.74) is 6.44. The minimum atomic E-state index is -0.620. The molecule has 2 rings (SSSR count). The van der Waals surface area contributed by atoms with Gasteiger partial charge in [-0.2, -0.15) is 0 Å². The highest BCUT2D eigenvalue weighted by Gasteiger charge is 2.20. The van der Waals surface area contributed by atoms with Crippen molar-refractivity contribution in [2.75, 3.05) is 0 Å². The van der Waals surface area contributed by atoms with Gasteiger partial charge in [0.15, 0.2) is 0 Å². The van der Waals surface area contributed by atoms with Crippen LogP contribution in [0.25, 0.3) is 5.69 Å². The van der Waals surface area contributed by atoms with Crippen LogP contribution in [-0.2, 0) is 5.54 Å². The van der Waals surface area contributed by atoms with Gasteiger partial charge in [-0.3, -0.25) is 10.1 Å². The Hall–Kier alpha value is -1.80. The number of nitro groups is 1. The lowest BCUT2D eigenvalue weighted by Crippen LogP contribution is -2.29. The van der Waals surface area contributed by atoms with E-state index in [0.29, 0.717) is 15.9 Å². The Kier molecular flexibility index (Phi) is 3.38. The van der Waals surface area contributed by atoms with Gasteiger partial charge in [-0.25, -0.2) is 4.68 Å². The Bertz CT molecular complexity index is 632. The Morgan fingerprint density at radius 2 is 2.16 bits per heavy atom. The maximum atomic E-state index is 10.8. The number of hydrogen-bond donors (Lipinski definition) is 1. The molecule has 100 valence electrons. The number of halogens is 1. The van der Waals surface area contributed by atoms with Gasteiger partial charge in [0, 0.05) is 16.6 Å². The molecule has 1 aromatic heterocycles. The fourth-order valence-corrected chi connectivity index (χ4v) is 1.90. The van der Waals surface area contributed by atoms with Crippen molar-refractivity contribution in [2.24, 2.45) is 5.73 Å². The van der Waals surface area contributed by atoms with E-state index in [9.17, 15) is 10.1 Å². The van der Waals surface area contributed by atoms with E-state index in [0.717, 1.165) is 0 Å². The Balaban J connectivity index is 2.49. The normalized spacial score (nSPS) is 11.6. The van der Waals surface area contributed by atoms with Crippen LogP contribution in [-0.4, -0.2) is 19.9 Å². The molecular weight excluding hydrogens is 314 g/mol. The Morgan fingerprint density at radius 1 is 1.47 bits per heavy atom. The van der Waals surface area contributed by atoms with Gasteiger partial charge in [0.05, 0.1) is 22.3 Å². The van der Waals surface area contributed by atoms with Crippen LogP contribution in [0.1, 0.15) is 19.5 Å². The molecule has 2 N–H and O–H groups in total. The molecule has 0 saturated carbocycles. The second-order valence-corrected chi connectivity index (χ2v) is 5.52. The lowest BCUT2D eigenvalue weighted by molar-refractivity contribution is -0.384. The van der Waals surface area contributed by atoms with Crippen LogP contribution in [0, 0.1) is 10.1 Å². The van der Waals surface area contributed by atoms with Gasteiger partial charge in [0.25, 0.3) is 5.69 Å². The summed E-state index contributed by atoms with van der Waals surface area (Å²) in [5.74, 6) is 0. The van der Waals surface area contributed by atoms with Crippen molar-refractivity contribution in [2.45, 2.75) is 19.4 Å². The second-order valence-electron chi connectivity index (χ2n) is 4.66. The van der Waals surface area contributed by atoms with Crippen LogP contribution in [0.3, 0.4) is 0 Å². The first-order chi connectivity index (χ1) is 8.79. The average molecular weight is 326 g/mol. The molecule has 0 aliphatic rings. The predicted octanol–water partition coefficient (Wildman–Crippen LogP) is 2.13. The monoisotopic (exact) mass is 325 g/mol. The molecule has 1 heterocycles. The zero-order chi connectivity index (χ0) is 14.2. The number of nitrogens with zero attached hydrogens (tertiary/aromatic N) is 4. The molecule has 0 fully saturated rings. The van der Waals surface area contributed by atoms with Crippen molar-refractivity contribution in [3.63, 3.8) is 0 Å². The van der Waals surface area contributed by atoms with E-state index >= 15 is 0 Å². The number of nitrogens with two attached hydrogens (primary N) is 1. The number of benzene rings is 1. The number of rotatable bonds is 3. The zero-order valence-corrected chi connectivity index (χ0v) is 12.0. The molecule has 0 unspecified atom stereocenters. The van der Waals surface area contributed by atoms with Crippen molar-refractivity contribution in [1.29, 1.82) is 0 Å². The molecule has 0 saturated heterocycles. The van der Waals surface area contributed by atoms with Crippen molar-refractivity contribution in [1.82, 2.24) is 15.0 Å². The van der Waals surface area contributed by atoms with Crippen molar-refractivity contribution >= 4 is 21.6 Å². The minimum Gasteiger partial charge on any atom is -0.320 e. The summed E-state index contributed by atoms with van der Waals surface area (Å²) in [6.45, 7) is 3.62. The van der Waals surface area contributed by atoms with Crippen molar-refractivity contribution in [3.05, 3.63) is 44.7 Å². The number of nitro benzene ring substituents is 1. The molecule has 0 amide bonds. The highest BCUT2D eigenvalue weighted by atomic mass is 79.9. The van der Waals surface area contributed by atoms with E-state index < -0.39 is 10.5 Å². The summed E-state index contributed by atoms with van der Waals surface area (Å²) in [6.07, 6.45) is 1.66. The van der Waals surface area contributed by atoms with Gasteiger partial charge in [-0.1, -0.05) is 5.21 Å². The summed E-state index contributed by atoms with van der Waals surface area (Å²) < 4.78 is 2.14. The van der Waals surface area contributed by atoms with Gasteiger partial charge >= 0.3 is 0 Å². The van der Waals surface area contributed by atoms with E-state index in [-0.39, 0.29) is 5.69 Å².